The number of hydrogen-bond acceptors (Lipinski definition) is 5. The number of nitrogens with zero attached hydrogens (tertiary/aromatic N) is 2. The summed E-state index contributed by atoms with van der Waals surface area (Å²) in [5, 5.41) is 8.81. The lowest BCUT2D eigenvalue weighted by Gasteiger charge is -2.17. The Morgan fingerprint density at radius 2 is 1.66 bits per heavy atom. The van der Waals surface area contributed by atoms with Crippen LogP contribution in [-0.4, -0.2) is 39.6 Å². The summed E-state index contributed by atoms with van der Waals surface area (Å²) in [5.41, 5.74) is 2.11. The lowest BCUT2D eigenvalue weighted by molar-refractivity contribution is -0.140. The summed E-state index contributed by atoms with van der Waals surface area (Å²) in [6, 6.07) is 14.0. The summed E-state index contributed by atoms with van der Waals surface area (Å²) in [6.45, 7) is -0.485. The summed E-state index contributed by atoms with van der Waals surface area (Å²) >= 11 is 6.51. The Hall–Kier alpha value is -3.10. The molecule has 1 saturated heterocycles. The molecule has 0 bridgehead atoms. The number of imide groups is 1. The number of aliphatic carboxylic acids is 1. The van der Waals surface area contributed by atoms with Crippen LogP contribution in [0.15, 0.2) is 53.4 Å². The van der Waals surface area contributed by atoms with E-state index in [1.165, 1.54) is 4.90 Å². The Labute approximate surface area is 174 Å². The van der Waals surface area contributed by atoms with Crippen molar-refractivity contribution in [1.82, 2.24) is 4.90 Å². The van der Waals surface area contributed by atoms with Crippen LogP contribution < -0.4 is 4.90 Å². The van der Waals surface area contributed by atoms with Gasteiger partial charge in [-0.3, -0.25) is 24.1 Å². The summed E-state index contributed by atoms with van der Waals surface area (Å²) < 4.78 is 0. The van der Waals surface area contributed by atoms with Crippen molar-refractivity contribution in [3.05, 3.63) is 69.6 Å². The standard InChI is InChI=1S/C20H13ClN2O5S/c21-12-7-5-11(6-8-12)9-22-14-4-2-1-3-13(14)16(18(22)26)17-19(27)23(10-15(24)25)20(28)29-17/h1-8H,9-10H2,(H,24,25)/b17-16-. The topological polar surface area (TPSA) is 95.0 Å². The van der Waals surface area contributed by atoms with Gasteiger partial charge in [0.05, 0.1) is 22.7 Å². The van der Waals surface area contributed by atoms with Gasteiger partial charge < -0.3 is 10.0 Å². The van der Waals surface area contributed by atoms with E-state index in [9.17, 15) is 19.2 Å². The number of thioether (sulfide) groups is 1. The van der Waals surface area contributed by atoms with Crippen molar-refractivity contribution < 1.29 is 24.3 Å². The number of fused-ring (bicyclic) bond motifs is 1. The number of carbonyl (C=O) groups excluding carboxylic acids is 3. The van der Waals surface area contributed by atoms with Gasteiger partial charge in [-0.25, -0.2) is 0 Å². The highest BCUT2D eigenvalue weighted by atomic mass is 35.5. The lowest BCUT2D eigenvalue weighted by atomic mass is 10.1. The minimum atomic E-state index is -1.30. The molecule has 2 heterocycles. The van der Waals surface area contributed by atoms with Gasteiger partial charge in [0.15, 0.2) is 0 Å². The van der Waals surface area contributed by atoms with Gasteiger partial charge in [-0.1, -0.05) is 41.9 Å². The Bertz CT molecular complexity index is 1100. The van der Waals surface area contributed by atoms with Crippen LogP contribution in [0.1, 0.15) is 11.1 Å². The number of carboxylic acid groups (broad SMARTS) is 1. The maximum absolute atomic E-state index is 13.2. The third-order valence-corrected chi connectivity index (χ3v) is 5.78. The smallest absolute Gasteiger partial charge is 0.323 e. The molecule has 2 aromatic rings. The minimum Gasteiger partial charge on any atom is -0.480 e. The molecule has 0 atom stereocenters. The Kier molecular flexibility index (Phi) is 4.89. The van der Waals surface area contributed by atoms with Crippen LogP contribution in [0.3, 0.4) is 0 Å². The summed E-state index contributed by atoms with van der Waals surface area (Å²) in [6.07, 6.45) is 0. The largest absolute Gasteiger partial charge is 0.480 e. The SMILES string of the molecule is O=C(O)CN1C(=O)S/C(=C2\C(=O)N(Cc3ccc(Cl)cc3)c3ccccc32)C1=O. The molecule has 2 aliphatic rings. The third kappa shape index (κ3) is 3.41. The van der Waals surface area contributed by atoms with Crippen molar-refractivity contribution in [2.75, 3.05) is 11.4 Å². The quantitative estimate of drug-likeness (QED) is 0.750. The highest BCUT2D eigenvalue weighted by Crippen LogP contribution is 2.44. The number of benzene rings is 2. The lowest BCUT2D eigenvalue weighted by Crippen LogP contribution is -2.33. The Morgan fingerprint density at radius 1 is 0.966 bits per heavy atom. The van der Waals surface area contributed by atoms with Gasteiger partial charge in [0.2, 0.25) is 0 Å². The van der Waals surface area contributed by atoms with Gasteiger partial charge in [-0.2, -0.15) is 0 Å². The molecule has 29 heavy (non-hydrogen) atoms. The van der Waals surface area contributed by atoms with Gasteiger partial charge in [-0.05, 0) is 35.5 Å². The maximum atomic E-state index is 13.2. The van der Waals surface area contributed by atoms with Gasteiger partial charge >= 0.3 is 5.97 Å². The van der Waals surface area contributed by atoms with E-state index in [2.05, 4.69) is 0 Å². The van der Waals surface area contributed by atoms with E-state index in [1.807, 2.05) is 0 Å². The number of carboxylic acids is 1. The second-order valence-electron chi connectivity index (χ2n) is 6.39. The number of para-hydroxylation sites is 1. The van der Waals surface area contributed by atoms with E-state index in [0.717, 1.165) is 5.56 Å². The van der Waals surface area contributed by atoms with Crippen LogP contribution in [0.5, 0.6) is 0 Å². The number of rotatable bonds is 4. The van der Waals surface area contributed by atoms with E-state index in [1.54, 1.807) is 48.5 Å². The molecule has 4 rings (SSSR count). The molecular weight excluding hydrogens is 416 g/mol. The van der Waals surface area contributed by atoms with E-state index in [-0.39, 0.29) is 17.0 Å². The molecule has 1 N–H and O–H groups in total. The predicted molar refractivity (Wildman–Crippen MR) is 108 cm³/mol. The second kappa shape index (κ2) is 7.38. The highest BCUT2D eigenvalue weighted by Gasteiger charge is 2.43. The molecule has 2 aromatic carbocycles. The van der Waals surface area contributed by atoms with Gasteiger partial charge in [0.1, 0.15) is 6.54 Å². The monoisotopic (exact) mass is 428 g/mol. The number of hydrogen-bond donors (Lipinski definition) is 1. The van der Waals surface area contributed by atoms with Crippen LogP contribution in [0.2, 0.25) is 5.02 Å². The van der Waals surface area contributed by atoms with Gasteiger partial charge in [-0.15, -0.1) is 0 Å². The van der Waals surface area contributed by atoms with E-state index < -0.39 is 29.6 Å². The minimum absolute atomic E-state index is 0.0488. The average molecular weight is 429 g/mol. The molecule has 0 aromatic heterocycles. The van der Waals surface area contributed by atoms with E-state index in [4.69, 9.17) is 16.7 Å². The summed E-state index contributed by atoms with van der Waals surface area (Å²) in [7, 11) is 0. The third-order valence-electron chi connectivity index (χ3n) is 4.55. The number of amides is 3. The Morgan fingerprint density at radius 3 is 2.34 bits per heavy atom. The zero-order valence-corrected chi connectivity index (χ0v) is 16.4. The molecule has 3 amide bonds. The maximum Gasteiger partial charge on any atom is 0.323 e. The first kappa shape index (κ1) is 19.2. The number of anilines is 1. The zero-order chi connectivity index (χ0) is 20.7. The van der Waals surface area contributed by atoms with E-state index in [0.29, 0.717) is 32.9 Å². The van der Waals surface area contributed by atoms with Crippen molar-refractivity contribution in [3.63, 3.8) is 0 Å². The Balaban J connectivity index is 1.76. The first-order chi connectivity index (χ1) is 13.9. The molecular formula is C20H13ClN2O5S. The molecule has 0 unspecified atom stereocenters. The van der Waals surface area contributed by atoms with Gasteiger partial charge in [0, 0.05) is 10.6 Å². The fraction of sp³-hybridized carbons (Fsp3) is 0.100. The van der Waals surface area contributed by atoms with Crippen molar-refractivity contribution in [2.24, 2.45) is 0 Å². The molecule has 9 heteroatoms. The molecule has 0 spiro atoms. The number of halogens is 1. The number of carbonyl (C=O) groups is 4. The normalized spacial score (nSPS) is 18.6. The van der Waals surface area contributed by atoms with Crippen molar-refractivity contribution >= 4 is 57.6 Å². The molecule has 0 saturated carbocycles. The van der Waals surface area contributed by atoms with Crippen LogP contribution >= 0.6 is 23.4 Å². The first-order valence-corrected chi connectivity index (χ1v) is 9.71. The van der Waals surface area contributed by atoms with Crippen LogP contribution in [0, 0.1) is 0 Å². The van der Waals surface area contributed by atoms with Crippen molar-refractivity contribution in [2.45, 2.75) is 6.54 Å². The second-order valence-corrected chi connectivity index (χ2v) is 7.79. The molecule has 0 aliphatic carbocycles. The predicted octanol–water partition coefficient (Wildman–Crippen LogP) is 3.38. The summed E-state index contributed by atoms with van der Waals surface area (Å²) in [4.78, 5) is 51.1. The molecule has 2 aliphatic heterocycles. The fourth-order valence-corrected chi connectivity index (χ4v) is 4.30. The van der Waals surface area contributed by atoms with Crippen molar-refractivity contribution in [3.8, 4) is 0 Å². The summed E-state index contributed by atoms with van der Waals surface area (Å²) in [5.74, 6) is -2.49. The fourth-order valence-electron chi connectivity index (χ4n) is 3.25. The van der Waals surface area contributed by atoms with Crippen LogP contribution in [-0.2, 0) is 20.9 Å². The zero-order valence-electron chi connectivity index (χ0n) is 14.8. The average Bonchev–Trinajstić information content (AvgIpc) is 3.11. The molecule has 146 valence electrons. The van der Waals surface area contributed by atoms with E-state index >= 15 is 0 Å². The first-order valence-electron chi connectivity index (χ1n) is 8.52. The van der Waals surface area contributed by atoms with Crippen LogP contribution in [0.25, 0.3) is 5.57 Å². The molecule has 0 radical (unpaired) electrons. The van der Waals surface area contributed by atoms with Gasteiger partial charge in [0.25, 0.3) is 17.1 Å². The van der Waals surface area contributed by atoms with Crippen molar-refractivity contribution in [1.29, 1.82) is 0 Å². The highest BCUT2D eigenvalue weighted by molar-refractivity contribution is 8.18. The molecule has 1 fully saturated rings. The molecule has 7 nitrogen and oxygen atoms in total. The van der Waals surface area contributed by atoms with Crippen LogP contribution in [0.4, 0.5) is 10.5 Å².